The van der Waals surface area contributed by atoms with Crippen LogP contribution in [-0.2, 0) is 0 Å². The van der Waals surface area contributed by atoms with E-state index in [-0.39, 0.29) is 12.0 Å². The summed E-state index contributed by atoms with van der Waals surface area (Å²) in [6.07, 6.45) is 0.304. The molecule has 4 nitrogen and oxygen atoms in total. The maximum Gasteiger partial charge on any atom is 0.264 e. The predicted octanol–water partition coefficient (Wildman–Crippen LogP) is 0.846. The highest BCUT2D eigenvalue weighted by molar-refractivity contribution is 7.14. The van der Waals surface area contributed by atoms with Crippen molar-refractivity contribution in [2.24, 2.45) is 0 Å². The van der Waals surface area contributed by atoms with Crippen molar-refractivity contribution in [3.8, 4) is 0 Å². The average Bonchev–Trinajstić information content (AvgIpc) is 2.74. The van der Waals surface area contributed by atoms with E-state index in [1.54, 1.807) is 11.0 Å². The summed E-state index contributed by atoms with van der Waals surface area (Å²) in [6.45, 7) is 2.97. The molecule has 1 aliphatic heterocycles. The van der Waals surface area contributed by atoms with Gasteiger partial charge in [-0.3, -0.25) is 4.79 Å². The van der Waals surface area contributed by atoms with Crippen molar-refractivity contribution in [1.29, 1.82) is 0 Å². The van der Waals surface area contributed by atoms with Gasteiger partial charge in [0.25, 0.3) is 5.91 Å². The Kier molecular flexibility index (Phi) is 2.67. The second-order valence-corrected chi connectivity index (χ2v) is 5.07. The van der Waals surface area contributed by atoms with Crippen LogP contribution in [0.2, 0.25) is 0 Å². The number of aliphatic hydroxyl groups is 1. The number of nitrogens with zero attached hydrogens (tertiary/aromatic N) is 1. The molecule has 0 bridgehead atoms. The van der Waals surface area contributed by atoms with Crippen molar-refractivity contribution in [3.63, 3.8) is 0 Å². The molecule has 1 aromatic rings. The molecule has 82 valence electrons. The first-order valence-corrected chi connectivity index (χ1v) is 5.73. The number of anilines is 1. The van der Waals surface area contributed by atoms with Gasteiger partial charge < -0.3 is 15.7 Å². The van der Waals surface area contributed by atoms with Gasteiger partial charge in [-0.2, -0.15) is 0 Å². The molecule has 0 saturated carbocycles. The van der Waals surface area contributed by atoms with Crippen molar-refractivity contribution in [1.82, 2.24) is 4.90 Å². The van der Waals surface area contributed by atoms with Gasteiger partial charge in [-0.05, 0) is 19.4 Å². The van der Waals surface area contributed by atoms with Crippen LogP contribution in [-0.4, -0.2) is 35.1 Å². The minimum atomic E-state index is -0.368. The van der Waals surface area contributed by atoms with Crippen LogP contribution in [0.15, 0.2) is 6.07 Å². The SMILES string of the molecule is Cc1sc(C(=O)N2CC[C@H](O)C2)cc1N. The normalized spacial score (nSPS) is 20.9. The van der Waals surface area contributed by atoms with Gasteiger partial charge in [0.15, 0.2) is 0 Å². The molecule has 5 heteroatoms. The molecule has 1 fully saturated rings. The molecule has 1 aromatic heterocycles. The molecule has 1 amide bonds. The Balaban J connectivity index is 2.14. The van der Waals surface area contributed by atoms with E-state index in [1.807, 2.05) is 6.92 Å². The van der Waals surface area contributed by atoms with Gasteiger partial charge in [-0.1, -0.05) is 0 Å². The topological polar surface area (TPSA) is 66.6 Å². The average molecular weight is 226 g/mol. The summed E-state index contributed by atoms with van der Waals surface area (Å²) >= 11 is 1.41. The maximum absolute atomic E-state index is 11.9. The van der Waals surface area contributed by atoms with Crippen LogP contribution < -0.4 is 5.73 Å². The monoisotopic (exact) mass is 226 g/mol. The number of rotatable bonds is 1. The fourth-order valence-corrected chi connectivity index (χ4v) is 2.59. The smallest absolute Gasteiger partial charge is 0.264 e. The molecule has 3 N–H and O–H groups in total. The first-order chi connectivity index (χ1) is 7.08. The Morgan fingerprint density at radius 3 is 2.93 bits per heavy atom. The van der Waals surface area contributed by atoms with Crippen LogP contribution in [0.3, 0.4) is 0 Å². The Morgan fingerprint density at radius 2 is 2.47 bits per heavy atom. The Bertz CT molecular complexity index is 369. The van der Waals surface area contributed by atoms with Gasteiger partial charge in [0.1, 0.15) is 0 Å². The van der Waals surface area contributed by atoms with E-state index in [0.717, 1.165) is 4.88 Å². The number of hydrogen-bond acceptors (Lipinski definition) is 4. The number of carbonyl (C=O) groups is 1. The fourth-order valence-electron chi connectivity index (χ4n) is 1.68. The summed E-state index contributed by atoms with van der Waals surface area (Å²) in [5.74, 6) is -0.0173. The standard InChI is InChI=1S/C10H14N2O2S/c1-6-8(11)4-9(15-6)10(14)12-3-2-7(13)5-12/h4,7,13H,2-3,5,11H2,1H3/t7-/m0/s1. The van der Waals surface area contributed by atoms with Gasteiger partial charge in [-0.25, -0.2) is 0 Å². The van der Waals surface area contributed by atoms with Crippen LogP contribution in [0.1, 0.15) is 21.0 Å². The molecule has 0 aromatic carbocycles. The summed E-state index contributed by atoms with van der Waals surface area (Å²) in [6, 6.07) is 1.72. The first kappa shape index (κ1) is 10.4. The summed E-state index contributed by atoms with van der Waals surface area (Å²) in [5, 5.41) is 9.34. The third kappa shape index (κ3) is 1.98. The first-order valence-electron chi connectivity index (χ1n) is 4.91. The number of aliphatic hydroxyl groups excluding tert-OH is 1. The summed E-state index contributed by atoms with van der Waals surface area (Å²) in [7, 11) is 0. The fraction of sp³-hybridized carbons (Fsp3) is 0.500. The van der Waals surface area contributed by atoms with E-state index in [0.29, 0.717) is 30.1 Å². The number of likely N-dealkylation sites (tertiary alicyclic amines) is 1. The van der Waals surface area contributed by atoms with Gasteiger partial charge >= 0.3 is 0 Å². The largest absolute Gasteiger partial charge is 0.398 e. The Hall–Kier alpha value is -1.07. The van der Waals surface area contributed by atoms with Crippen molar-refractivity contribution >= 4 is 22.9 Å². The quantitative estimate of drug-likeness (QED) is 0.746. The van der Waals surface area contributed by atoms with Crippen LogP contribution in [0.5, 0.6) is 0 Å². The molecule has 1 saturated heterocycles. The molecule has 0 spiro atoms. The second-order valence-electron chi connectivity index (χ2n) is 3.82. The number of nitrogens with two attached hydrogens (primary N) is 1. The van der Waals surface area contributed by atoms with Crippen LogP contribution in [0.25, 0.3) is 0 Å². The van der Waals surface area contributed by atoms with E-state index in [4.69, 9.17) is 5.73 Å². The lowest BCUT2D eigenvalue weighted by Crippen LogP contribution is -2.28. The van der Waals surface area contributed by atoms with E-state index in [2.05, 4.69) is 0 Å². The zero-order valence-corrected chi connectivity index (χ0v) is 9.38. The van der Waals surface area contributed by atoms with Crippen molar-refractivity contribution in [3.05, 3.63) is 15.8 Å². The molecule has 0 radical (unpaired) electrons. The number of hydrogen-bond donors (Lipinski definition) is 2. The van der Waals surface area contributed by atoms with Gasteiger partial charge in [0.05, 0.1) is 11.0 Å². The lowest BCUT2D eigenvalue weighted by molar-refractivity contribution is 0.0769. The van der Waals surface area contributed by atoms with Crippen molar-refractivity contribution in [2.45, 2.75) is 19.4 Å². The zero-order chi connectivity index (χ0) is 11.0. The molecule has 2 heterocycles. The van der Waals surface area contributed by atoms with Crippen LogP contribution >= 0.6 is 11.3 Å². The van der Waals surface area contributed by atoms with E-state index in [9.17, 15) is 9.90 Å². The lowest BCUT2D eigenvalue weighted by atomic mass is 10.3. The number of β-amino-alcohol motifs (C(OH)–C–C–N with tert-alkyl or cyclic N) is 1. The molecule has 2 rings (SSSR count). The Labute approximate surface area is 92.3 Å². The Morgan fingerprint density at radius 1 is 1.73 bits per heavy atom. The predicted molar refractivity (Wildman–Crippen MR) is 60.0 cm³/mol. The van der Waals surface area contributed by atoms with E-state index >= 15 is 0 Å². The van der Waals surface area contributed by atoms with E-state index in [1.165, 1.54) is 11.3 Å². The van der Waals surface area contributed by atoms with E-state index < -0.39 is 0 Å². The zero-order valence-electron chi connectivity index (χ0n) is 8.56. The van der Waals surface area contributed by atoms with Crippen molar-refractivity contribution < 1.29 is 9.90 Å². The second kappa shape index (κ2) is 3.83. The molecule has 1 atom stereocenters. The highest BCUT2D eigenvalue weighted by Crippen LogP contribution is 2.25. The molecule has 1 aliphatic rings. The number of carbonyl (C=O) groups excluding carboxylic acids is 1. The van der Waals surface area contributed by atoms with Crippen LogP contribution in [0.4, 0.5) is 5.69 Å². The van der Waals surface area contributed by atoms with Gasteiger partial charge in [0.2, 0.25) is 0 Å². The van der Waals surface area contributed by atoms with Crippen molar-refractivity contribution in [2.75, 3.05) is 18.8 Å². The summed E-state index contributed by atoms with van der Waals surface area (Å²) in [5.41, 5.74) is 6.36. The molecular weight excluding hydrogens is 212 g/mol. The minimum Gasteiger partial charge on any atom is -0.398 e. The summed E-state index contributed by atoms with van der Waals surface area (Å²) in [4.78, 5) is 15.2. The van der Waals surface area contributed by atoms with Gasteiger partial charge in [0, 0.05) is 23.7 Å². The molecule has 0 unspecified atom stereocenters. The third-order valence-corrected chi connectivity index (χ3v) is 3.67. The number of aryl methyl sites for hydroxylation is 1. The lowest BCUT2D eigenvalue weighted by Gasteiger charge is -2.13. The third-order valence-electron chi connectivity index (χ3n) is 2.62. The summed E-state index contributed by atoms with van der Waals surface area (Å²) < 4.78 is 0. The molecular formula is C10H14N2O2S. The number of amides is 1. The van der Waals surface area contributed by atoms with Gasteiger partial charge in [-0.15, -0.1) is 11.3 Å². The number of thiophene rings is 1. The molecule has 15 heavy (non-hydrogen) atoms. The maximum atomic E-state index is 11.9. The molecule has 0 aliphatic carbocycles. The van der Waals surface area contributed by atoms with Crippen LogP contribution in [0, 0.1) is 6.92 Å². The highest BCUT2D eigenvalue weighted by atomic mass is 32.1. The number of nitrogen functional groups attached to an aromatic ring is 1. The highest BCUT2D eigenvalue weighted by Gasteiger charge is 2.26. The minimum absolute atomic E-state index is 0.0173.